The van der Waals surface area contributed by atoms with Crippen LogP contribution in [-0.2, 0) is 13.0 Å². The molecule has 1 aliphatic heterocycles. The van der Waals surface area contributed by atoms with Gasteiger partial charge in [-0.15, -0.1) is 0 Å². The number of hydrogen-bond donors (Lipinski definition) is 0. The van der Waals surface area contributed by atoms with Gasteiger partial charge in [0.2, 0.25) is 0 Å². The first-order valence-corrected chi connectivity index (χ1v) is 6.87. The van der Waals surface area contributed by atoms with Crippen molar-refractivity contribution in [2.75, 3.05) is 6.54 Å². The number of rotatable bonds is 1. The lowest BCUT2D eigenvalue weighted by molar-refractivity contribution is 0.0732. The molecule has 0 N–H and O–H groups in total. The van der Waals surface area contributed by atoms with Gasteiger partial charge in [0.25, 0.3) is 5.91 Å². The lowest BCUT2D eigenvalue weighted by Gasteiger charge is -2.28. The van der Waals surface area contributed by atoms with Crippen molar-refractivity contribution in [3.05, 3.63) is 58.1 Å². The SMILES string of the molecule is O=C(c1cccnc1Br)N1CCc2ncccc2C1. The number of carbonyl (C=O) groups excluding carboxylic acids is 1. The van der Waals surface area contributed by atoms with Crippen LogP contribution in [0.5, 0.6) is 0 Å². The standard InChI is InChI=1S/C14H12BrN3O/c15-13-11(4-2-7-17-13)14(19)18-8-5-12-10(9-18)3-1-6-16-12/h1-4,6-7H,5,8-9H2. The first-order valence-electron chi connectivity index (χ1n) is 6.08. The van der Waals surface area contributed by atoms with Gasteiger partial charge in [-0.1, -0.05) is 6.07 Å². The van der Waals surface area contributed by atoms with Crippen molar-refractivity contribution in [2.24, 2.45) is 0 Å². The maximum atomic E-state index is 12.5. The van der Waals surface area contributed by atoms with E-state index in [9.17, 15) is 4.79 Å². The van der Waals surface area contributed by atoms with E-state index < -0.39 is 0 Å². The van der Waals surface area contributed by atoms with Gasteiger partial charge < -0.3 is 4.90 Å². The van der Waals surface area contributed by atoms with Crippen LogP contribution < -0.4 is 0 Å². The smallest absolute Gasteiger partial charge is 0.256 e. The third kappa shape index (κ3) is 2.38. The van der Waals surface area contributed by atoms with E-state index in [0.29, 0.717) is 23.3 Å². The molecule has 2 aromatic rings. The monoisotopic (exact) mass is 317 g/mol. The van der Waals surface area contributed by atoms with Gasteiger partial charge in [0.15, 0.2) is 0 Å². The zero-order chi connectivity index (χ0) is 13.2. The number of amides is 1. The molecule has 0 spiro atoms. The molecule has 3 heterocycles. The number of carbonyl (C=O) groups is 1. The van der Waals surface area contributed by atoms with Gasteiger partial charge in [-0.05, 0) is 39.7 Å². The lowest BCUT2D eigenvalue weighted by atomic mass is 10.1. The van der Waals surface area contributed by atoms with Gasteiger partial charge in [0.1, 0.15) is 4.60 Å². The van der Waals surface area contributed by atoms with Crippen molar-refractivity contribution >= 4 is 21.8 Å². The minimum atomic E-state index is 0.00878. The van der Waals surface area contributed by atoms with Crippen molar-refractivity contribution in [1.29, 1.82) is 0 Å². The molecule has 1 aliphatic rings. The predicted molar refractivity (Wildman–Crippen MR) is 74.6 cm³/mol. The average molecular weight is 318 g/mol. The average Bonchev–Trinajstić information content (AvgIpc) is 2.46. The fourth-order valence-electron chi connectivity index (χ4n) is 2.26. The second-order valence-electron chi connectivity index (χ2n) is 4.43. The molecule has 0 saturated heterocycles. The van der Waals surface area contributed by atoms with E-state index in [-0.39, 0.29) is 5.91 Å². The highest BCUT2D eigenvalue weighted by atomic mass is 79.9. The van der Waals surface area contributed by atoms with Crippen LogP contribution >= 0.6 is 15.9 Å². The molecule has 0 unspecified atom stereocenters. The zero-order valence-corrected chi connectivity index (χ0v) is 11.8. The summed E-state index contributed by atoms with van der Waals surface area (Å²) in [7, 11) is 0. The summed E-state index contributed by atoms with van der Waals surface area (Å²) in [6.07, 6.45) is 4.27. The fraction of sp³-hybridized carbons (Fsp3) is 0.214. The molecule has 0 atom stereocenters. The molecule has 0 radical (unpaired) electrons. The quantitative estimate of drug-likeness (QED) is 0.759. The molecule has 0 bridgehead atoms. The van der Waals surface area contributed by atoms with Crippen LogP contribution in [0.4, 0.5) is 0 Å². The van der Waals surface area contributed by atoms with E-state index in [1.54, 1.807) is 24.5 Å². The molecular formula is C14H12BrN3O. The second-order valence-corrected chi connectivity index (χ2v) is 5.18. The van der Waals surface area contributed by atoms with Crippen LogP contribution in [0.1, 0.15) is 21.6 Å². The van der Waals surface area contributed by atoms with E-state index in [1.807, 2.05) is 17.0 Å². The third-order valence-corrected chi connectivity index (χ3v) is 3.87. The molecule has 3 rings (SSSR count). The molecule has 1 amide bonds. The van der Waals surface area contributed by atoms with Crippen LogP contribution in [0.2, 0.25) is 0 Å². The first-order chi connectivity index (χ1) is 9.25. The van der Waals surface area contributed by atoms with E-state index in [0.717, 1.165) is 17.7 Å². The Hall–Kier alpha value is -1.75. The largest absolute Gasteiger partial charge is 0.334 e. The van der Waals surface area contributed by atoms with Crippen LogP contribution in [0, 0.1) is 0 Å². The van der Waals surface area contributed by atoms with Crippen molar-refractivity contribution in [2.45, 2.75) is 13.0 Å². The molecule has 19 heavy (non-hydrogen) atoms. The topological polar surface area (TPSA) is 46.1 Å². The Bertz CT molecular complexity index is 630. The van der Waals surface area contributed by atoms with Crippen LogP contribution in [0.25, 0.3) is 0 Å². The molecule has 2 aromatic heterocycles. The number of pyridine rings is 2. The van der Waals surface area contributed by atoms with Crippen molar-refractivity contribution in [3.63, 3.8) is 0 Å². The number of aromatic nitrogens is 2. The highest BCUT2D eigenvalue weighted by Gasteiger charge is 2.23. The molecule has 0 fully saturated rings. The minimum Gasteiger partial charge on any atom is -0.334 e. The summed E-state index contributed by atoms with van der Waals surface area (Å²) in [5.41, 5.74) is 2.83. The molecule has 0 saturated carbocycles. The highest BCUT2D eigenvalue weighted by Crippen LogP contribution is 2.21. The normalized spacial score (nSPS) is 14.1. The summed E-state index contributed by atoms with van der Waals surface area (Å²) in [5.74, 6) is 0.00878. The Labute approximate surface area is 119 Å². The molecule has 0 aromatic carbocycles. The lowest BCUT2D eigenvalue weighted by Crippen LogP contribution is -2.36. The van der Waals surface area contributed by atoms with Crippen molar-refractivity contribution < 1.29 is 4.79 Å². The summed E-state index contributed by atoms with van der Waals surface area (Å²) in [6, 6.07) is 7.50. The van der Waals surface area contributed by atoms with E-state index >= 15 is 0 Å². The Balaban J connectivity index is 1.86. The van der Waals surface area contributed by atoms with E-state index in [1.165, 1.54) is 0 Å². The van der Waals surface area contributed by atoms with Gasteiger partial charge in [-0.2, -0.15) is 0 Å². The molecular weight excluding hydrogens is 306 g/mol. The number of hydrogen-bond acceptors (Lipinski definition) is 3. The summed E-state index contributed by atoms with van der Waals surface area (Å²) in [6.45, 7) is 1.31. The fourth-order valence-corrected chi connectivity index (χ4v) is 2.68. The van der Waals surface area contributed by atoms with Crippen LogP contribution in [0.15, 0.2) is 41.3 Å². The molecule has 0 aliphatic carbocycles. The van der Waals surface area contributed by atoms with Gasteiger partial charge in [-0.25, -0.2) is 4.98 Å². The zero-order valence-electron chi connectivity index (χ0n) is 10.2. The van der Waals surface area contributed by atoms with Gasteiger partial charge in [-0.3, -0.25) is 9.78 Å². The highest BCUT2D eigenvalue weighted by molar-refractivity contribution is 9.10. The van der Waals surface area contributed by atoms with Crippen molar-refractivity contribution in [1.82, 2.24) is 14.9 Å². The Morgan fingerprint density at radius 1 is 1.21 bits per heavy atom. The Morgan fingerprint density at radius 3 is 2.84 bits per heavy atom. The second kappa shape index (κ2) is 5.09. The number of halogens is 1. The molecule has 5 heteroatoms. The summed E-state index contributed by atoms with van der Waals surface area (Å²) in [5, 5.41) is 0. The maximum absolute atomic E-state index is 12.5. The summed E-state index contributed by atoms with van der Waals surface area (Å²) < 4.78 is 0.594. The van der Waals surface area contributed by atoms with Gasteiger partial charge >= 0.3 is 0 Å². The van der Waals surface area contributed by atoms with Gasteiger partial charge in [0.05, 0.1) is 5.56 Å². The van der Waals surface area contributed by atoms with Crippen molar-refractivity contribution in [3.8, 4) is 0 Å². The molecule has 4 nitrogen and oxygen atoms in total. The number of nitrogens with zero attached hydrogens (tertiary/aromatic N) is 3. The summed E-state index contributed by atoms with van der Waals surface area (Å²) >= 11 is 3.32. The minimum absolute atomic E-state index is 0.00878. The van der Waals surface area contributed by atoms with E-state index in [2.05, 4.69) is 25.9 Å². The predicted octanol–water partition coefficient (Wildman–Crippen LogP) is 2.44. The maximum Gasteiger partial charge on any atom is 0.256 e. The van der Waals surface area contributed by atoms with Crippen LogP contribution in [-0.4, -0.2) is 27.3 Å². The summed E-state index contributed by atoms with van der Waals surface area (Å²) in [4.78, 5) is 22.7. The van der Waals surface area contributed by atoms with Crippen LogP contribution in [0.3, 0.4) is 0 Å². The molecule has 96 valence electrons. The Morgan fingerprint density at radius 2 is 2.00 bits per heavy atom. The Kier molecular flexibility index (Phi) is 3.29. The van der Waals surface area contributed by atoms with Gasteiger partial charge in [0, 0.05) is 37.6 Å². The number of fused-ring (bicyclic) bond motifs is 1. The first kappa shape index (κ1) is 12.3. The van der Waals surface area contributed by atoms with E-state index in [4.69, 9.17) is 0 Å². The third-order valence-electron chi connectivity index (χ3n) is 3.24.